The van der Waals surface area contributed by atoms with E-state index in [9.17, 15) is 0 Å². The number of thioether (sulfide) groups is 1. The first-order valence-corrected chi connectivity index (χ1v) is 4.47. The summed E-state index contributed by atoms with van der Waals surface area (Å²) in [6.45, 7) is 2.15. The lowest BCUT2D eigenvalue weighted by Crippen LogP contribution is -2.34. The molecule has 2 heterocycles. The molecular weight excluding hydrogens is 148 g/mol. The number of rotatable bonds is 0. The van der Waals surface area contributed by atoms with Crippen LogP contribution in [0.4, 0.5) is 0 Å². The summed E-state index contributed by atoms with van der Waals surface area (Å²) >= 11 is 1.91. The summed E-state index contributed by atoms with van der Waals surface area (Å²) in [5.41, 5.74) is 0. The minimum absolute atomic E-state index is 0.127. The predicted molar refractivity (Wildman–Crippen MR) is 42.7 cm³/mol. The van der Waals surface area contributed by atoms with Crippen molar-refractivity contribution in [3.05, 3.63) is 0 Å². The molecule has 4 heteroatoms. The van der Waals surface area contributed by atoms with Crippen LogP contribution in [0.1, 0.15) is 6.92 Å². The molecule has 0 aromatic heterocycles. The Morgan fingerprint density at radius 2 is 2.60 bits per heavy atom. The molecule has 0 aromatic rings. The van der Waals surface area contributed by atoms with E-state index in [0.717, 1.165) is 5.75 Å². The summed E-state index contributed by atoms with van der Waals surface area (Å²) < 4.78 is 0. The molecule has 2 aliphatic heterocycles. The van der Waals surface area contributed by atoms with Crippen LogP contribution < -0.4 is 5.32 Å². The molecule has 2 rings (SSSR count). The summed E-state index contributed by atoms with van der Waals surface area (Å²) in [5.74, 6) is 1.07. The van der Waals surface area contributed by atoms with Crippen LogP contribution in [-0.2, 0) is 0 Å². The van der Waals surface area contributed by atoms with Gasteiger partial charge in [-0.15, -0.1) is 0 Å². The van der Waals surface area contributed by atoms with Crippen LogP contribution in [-0.4, -0.2) is 34.2 Å². The number of aliphatic imine (C=N–C) groups is 1. The highest BCUT2D eigenvalue weighted by Crippen LogP contribution is 2.31. The molecule has 10 heavy (non-hydrogen) atoms. The molecule has 0 spiro atoms. The number of hydrogen-bond acceptors (Lipinski definition) is 3. The zero-order valence-electron chi connectivity index (χ0n) is 5.74. The quantitative estimate of drug-likeness (QED) is 0.535. The van der Waals surface area contributed by atoms with Crippen LogP contribution >= 0.6 is 11.8 Å². The standard InChI is InChI=1S/C6H10N2OS/c1-3-5-4(2-10-3)7-6(9)8-5/h3-5H,2H2,1H3,(H2,7,8,9). The molecule has 1 saturated heterocycles. The topological polar surface area (TPSA) is 44.6 Å². The molecule has 0 aliphatic carbocycles. The maximum absolute atomic E-state index is 8.98. The Bertz CT molecular complexity index is 183. The summed E-state index contributed by atoms with van der Waals surface area (Å²) in [4.78, 5) is 4.07. The van der Waals surface area contributed by atoms with Crippen LogP contribution in [0, 0.1) is 0 Å². The highest BCUT2D eigenvalue weighted by Gasteiger charge is 2.38. The van der Waals surface area contributed by atoms with E-state index in [1.165, 1.54) is 0 Å². The Morgan fingerprint density at radius 1 is 1.80 bits per heavy atom. The van der Waals surface area contributed by atoms with E-state index in [4.69, 9.17) is 5.11 Å². The van der Waals surface area contributed by atoms with Gasteiger partial charge in [-0.1, -0.05) is 6.92 Å². The molecule has 2 N–H and O–H groups in total. The maximum atomic E-state index is 8.98. The lowest BCUT2D eigenvalue weighted by atomic mass is 10.1. The molecule has 2 aliphatic rings. The van der Waals surface area contributed by atoms with E-state index in [-0.39, 0.29) is 6.02 Å². The van der Waals surface area contributed by atoms with E-state index in [2.05, 4.69) is 17.2 Å². The molecule has 0 aromatic carbocycles. The van der Waals surface area contributed by atoms with Crippen molar-refractivity contribution >= 4 is 17.8 Å². The lowest BCUT2D eigenvalue weighted by Gasteiger charge is -2.07. The summed E-state index contributed by atoms with van der Waals surface area (Å²) in [6.07, 6.45) is 0. The number of nitrogens with one attached hydrogen (secondary N) is 1. The third-order valence-corrected chi connectivity index (χ3v) is 3.37. The number of hydrogen-bond donors (Lipinski definition) is 2. The average Bonchev–Trinajstić information content (AvgIpc) is 2.35. The molecule has 0 amide bonds. The molecule has 0 bridgehead atoms. The lowest BCUT2D eigenvalue weighted by molar-refractivity contribution is 0.515. The predicted octanol–water partition coefficient (Wildman–Crippen LogP) is 0.376. The van der Waals surface area contributed by atoms with E-state index in [1.807, 2.05) is 11.8 Å². The number of aliphatic hydroxyl groups excluding tert-OH is 1. The summed E-state index contributed by atoms with van der Waals surface area (Å²) in [7, 11) is 0. The van der Waals surface area contributed by atoms with Crippen LogP contribution in [0.3, 0.4) is 0 Å². The number of aliphatic hydroxyl groups is 1. The van der Waals surface area contributed by atoms with Crippen molar-refractivity contribution in [2.75, 3.05) is 5.75 Å². The number of amidine groups is 1. The molecule has 56 valence electrons. The second-order valence-corrected chi connectivity index (χ2v) is 4.14. The first-order valence-electron chi connectivity index (χ1n) is 3.42. The van der Waals surface area contributed by atoms with Gasteiger partial charge in [0, 0.05) is 11.0 Å². The Balaban J connectivity index is 2.16. The van der Waals surface area contributed by atoms with Crippen LogP contribution in [0.25, 0.3) is 0 Å². The fraction of sp³-hybridized carbons (Fsp3) is 0.833. The van der Waals surface area contributed by atoms with Crippen LogP contribution in [0.2, 0.25) is 0 Å². The second-order valence-electron chi connectivity index (χ2n) is 2.73. The van der Waals surface area contributed by atoms with Gasteiger partial charge in [0.2, 0.25) is 0 Å². The summed E-state index contributed by atoms with van der Waals surface area (Å²) in [5, 5.41) is 12.5. The minimum atomic E-state index is 0.127. The van der Waals surface area contributed by atoms with Crippen molar-refractivity contribution in [3.8, 4) is 0 Å². The van der Waals surface area contributed by atoms with E-state index in [1.54, 1.807) is 0 Å². The van der Waals surface area contributed by atoms with E-state index in [0.29, 0.717) is 17.3 Å². The zero-order valence-corrected chi connectivity index (χ0v) is 6.56. The van der Waals surface area contributed by atoms with Gasteiger partial charge in [0.1, 0.15) is 0 Å². The SMILES string of the molecule is CC1SCC2NC(O)=NC21. The van der Waals surface area contributed by atoms with Gasteiger partial charge in [0.25, 0.3) is 6.02 Å². The third-order valence-electron chi connectivity index (χ3n) is 2.02. The van der Waals surface area contributed by atoms with Gasteiger partial charge in [-0.2, -0.15) is 11.8 Å². The average molecular weight is 158 g/mol. The second kappa shape index (κ2) is 2.05. The smallest absolute Gasteiger partial charge is 0.282 e. The number of fused-ring (bicyclic) bond motifs is 1. The minimum Gasteiger partial charge on any atom is -0.481 e. The van der Waals surface area contributed by atoms with Crippen molar-refractivity contribution in [3.63, 3.8) is 0 Å². The largest absolute Gasteiger partial charge is 0.481 e. The molecule has 1 fully saturated rings. The van der Waals surface area contributed by atoms with Gasteiger partial charge in [0.05, 0.1) is 12.1 Å². The van der Waals surface area contributed by atoms with E-state index < -0.39 is 0 Å². The van der Waals surface area contributed by atoms with Crippen molar-refractivity contribution in [1.29, 1.82) is 0 Å². The molecular formula is C6H10N2OS. The fourth-order valence-corrected chi connectivity index (χ4v) is 2.69. The van der Waals surface area contributed by atoms with Crippen LogP contribution in [0.15, 0.2) is 4.99 Å². The molecule has 0 radical (unpaired) electrons. The van der Waals surface area contributed by atoms with Gasteiger partial charge < -0.3 is 10.4 Å². The molecule has 3 nitrogen and oxygen atoms in total. The van der Waals surface area contributed by atoms with Gasteiger partial charge in [-0.3, -0.25) is 0 Å². The first-order chi connectivity index (χ1) is 4.77. The highest BCUT2D eigenvalue weighted by molar-refractivity contribution is 8.00. The van der Waals surface area contributed by atoms with E-state index >= 15 is 0 Å². The van der Waals surface area contributed by atoms with Crippen molar-refractivity contribution < 1.29 is 5.11 Å². The number of nitrogens with zero attached hydrogens (tertiary/aromatic N) is 1. The highest BCUT2D eigenvalue weighted by atomic mass is 32.2. The third kappa shape index (κ3) is 0.785. The monoisotopic (exact) mass is 158 g/mol. The maximum Gasteiger partial charge on any atom is 0.282 e. The van der Waals surface area contributed by atoms with Crippen molar-refractivity contribution in [2.24, 2.45) is 4.99 Å². The summed E-state index contributed by atoms with van der Waals surface area (Å²) in [6, 6.07) is 0.826. The van der Waals surface area contributed by atoms with Gasteiger partial charge in [-0.05, 0) is 0 Å². The molecule has 0 saturated carbocycles. The molecule has 3 unspecified atom stereocenters. The van der Waals surface area contributed by atoms with Gasteiger partial charge >= 0.3 is 0 Å². The van der Waals surface area contributed by atoms with Crippen molar-refractivity contribution in [2.45, 2.75) is 24.3 Å². The fourth-order valence-electron chi connectivity index (χ4n) is 1.45. The normalized spacial score (nSPS) is 44.5. The first kappa shape index (κ1) is 6.34. The zero-order chi connectivity index (χ0) is 7.14. The Morgan fingerprint density at radius 3 is 3.30 bits per heavy atom. The van der Waals surface area contributed by atoms with Crippen LogP contribution in [0.5, 0.6) is 0 Å². The van der Waals surface area contributed by atoms with Gasteiger partial charge in [0.15, 0.2) is 0 Å². The Labute approximate surface area is 63.9 Å². The Hall–Kier alpha value is -0.380. The molecule has 3 atom stereocenters. The van der Waals surface area contributed by atoms with Gasteiger partial charge in [-0.25, -0.2) is 4.99 Å². The van der Waals surface area contributed by atoms with Crippen molar-refractivity contribution in [1.82, 2.24) is 5.32 Å². The Kier molecular flexibility index (Phi) is 1.30.